The van der Waals surface area contributed by atoms with E-state index < -0.39 is 0 Å². The van der Waals surface area contributed by atoms with Crippen LogP contribution in [0.2, 0.25) is 0 Å². The van der Waals surface area contributed by atoms with Crippen molar-refractivity contribution in [2.75, 3.05) is 4.90 Å². The molecule has 0 N–H and O–H groups in total. The normalized spacial score (nSPS) is 12.9. The highest BCUT2D eigenvalue weighted by atomic mass is 16.1. The van der Waals surface area contributed by atoms with Crippen LogP contribution in [0.5, 0.6) is 0 Å². The third kappa shape index (κ3) is 4.50. The fourth-order valence-electron chi connectivity index (χ4n) is 6.45. The van der Waals surface area contributed by atoms with Gasteiger partial charge in [0.25, 0.3) is 0 Å². The molecule has 2 nitrogen and oxygen atoms in total. The molecule has 0 aliphatic heterocycles. The first-order chi connectivity index (χ1) is 20.0. The fourth-order valence-corrected chi connectivity index (χ4v) is 6.45. The number of anilines is 3. The Hall–Kier alpha value is -4.69. The first kappa shape index (κ1) is 26.5. The lowest BCUT2D eigenvalue weighted by atomic mass is 9.73. The summed E-state index contributed by atoms with van der Waals surface area (Å²) in [7, 11) is 0. The highest BCUT2D eigenvalue weighted by Crippen LogP contribution is 2.54. The maximum absolute atomic E-state index is 13.6. The molecule has 0 amide bonds. The third-order valence-electron chi connectivity index (χ3n) is 8.74. The second kappa shape index (κ2) is 10.7. The first-order valence-corrected chi connectivity index (χ1v) is 14.5. The summed E-state index contributed by atoms with van der Waals surface area (Å²) in [4.78, 5) is 15.9. The molecule has 0 fully saturated rings. The molecule has 0 saturated heterocycles. The van der Waals surface area contributed by atoms with E-state index in [0.717, 1.165) is 46.6 Å². The van der Waals surface area contributed by atoms with Gasteiger partial charge in [0.1, 0.15) is 0 Å². The molecule has 0 bridgehead atoms. The molecule has 1 aliphatic rings. The van der Waals surface area contributed by atoms with Crippen LogP contribution in [0, 0.1) is 0 Å². The number of fused-ring (bicyclic) bond motifs is 3. The molecule has 1 aliphatic carbocycles. The van der Waals surface area contributed by atoms with Gasteiger partial charge in [0, 0.05) is 33.6 Å². The summed E-state index contributed by atoms with van der Waals surface area (Å²) < 4.78 is 0. The van der Waals surface area contributed by atoms with E-state index in [-0.39, 0.29) is 11.2 Å². The lowest BCUT2D eigenvalue weighted by Crippen LogP contribution is -2.24. The van der Waals surface area contributed by atoms with Gasteiger partial charge in [0.05, 0.1) is 0 Å². The first-order valence-electron chi connectivity index (χ1n) is 14.5. The summed E-state index contributed by atoms with van der Waals surface area (Å²) in [5.41, 5.74) is 11.8. The van der Waals surface area contributed by atoms with Crippen molar-refractivity contribution in [2.24, 2.45) is 0 Å². The molecule has 0 aromatic heterocycles. The van der Waals surface area contributed by atoms with Gasteiger partial charge in [-0.25, -0.2) is 0 Å². The Morgan fingerprint density at radius 3 is 1.63 bits per heavy atom. The van der Waals surface area contributed by atoms with E-state index in [0.29, 0.717) is 5.56 Å². The molecular weight excluding hydrogens is 498 g/mol. The number of rotatable bonds is 8. The quantitative estimate of drug-likeness (QED) is 0.185. The van der Waals surface area contributed by atoms with Crippen molar-refractivity contribution in [1.29, 1.82) is 0 Å². The number of nitrogens with zero attached hydrogens (tertiary/aromatic N) is 1. The standard InChI is InChI=1S/C39H35NO/c1-5-39(6-2)36-25-30(38(41)29-19-17-28(18-20-29)27(3)4)21-23-34(36)35-24-22-33(26-37(35)39)40(31-13-9-7-10-14-31)32-15-11-8-12-16-32/h7-26H,3,5-6H2,1-2,4H3. The van der Waals surface area contributed by atoms with Crippen molar-refractivity contribution in [1.82, 2.24) is 0 Å². The molecule has 0 spiro atoms. The van der Waals surface area contributed by atoms with Crippen LogP contribution in [0.25, 0.3) is 16.7 Å². The molecule has 5 aromatic carbocycles. The van der Waals surface area contributed by atoms with Gasteiger partial charge in [-0.2, -0.15) is 0 Å². The topological polar surface area (TPSA) is 20.3 Å². The Labute approximate surface area is 243 Å². The van der Waals surface area contributed by atoms with Gasteiger partial charge in [-0.3, -0.25) is 4.79 Å². The maximum Gasteiger partial charge on any atom is 0.193 e. The number of hydrogen-bond donors (Lipinski definition) is 0. The van der Waals surface area contributed by atoms with Crippen LogP contribution in [-0.2, 0) is 5.41 Å². The largest absolute Gasteiger partial charge is 0.310 e. The number of carbonyl (C=O) groups excluding carboxylic acids is 1. The molecular formula is C39H35NO. The molecule has 202 valence electrons. The number of allylic oxidation sites excluding steroid dienone is 1. The molecule has 2 heteroatoms. The molecule has 41 heavy (non-hydrogen) atoms. The molecule has 5 aromatic rings. The van der Waals surface area contributed by atoms with Crippen LogP contribution in [0.3, 0.4) is 0 Å². The number of benzene rings is 5. The summed E-state index contributed by atoms with van der Waals surface area (Å²) in [5.74, 6) is 0.0538. The molecule has 0 saturated carbocycles. The molecule has 0 heterocycles. The van der Waals surface area contributed by atoms with Gasteiger partial charge >= 0.3 is 0 Å². The average Bonchev–Trinajstić information content (AvgIpc) is 3.30. The lowest BCUT2D eigenvalue weighted by molar-refractivity contribution is 0.103. The fraction of sp³-hybridized carbons (Fsp3) is 0.154. The maximum atomic E-state index is 13.6. The SMILES string of the molecule is C=C(C)c1ccc(C(=O)c2ccc3c(c2)C(CC)(CC)c2cc(N(c4ccccc4)c4ccccc4)ccc2-3)cc1. The van der Waals surface area contributed by atoms with Gasteiger partial charge in [-0.1, -0.05) is 105 Å². The zero-order chi connectivity index (χ0) is 28.6. The second-order valence-electron chi connectivity index (χ2n) is 11.0. The third-order valence-corrected chi connectivity index (χ3v) is 8.74. The predicted octanol–water partition coefficient (Wildman–Crippen LogP) is 10.5. The predicted molar refractivity (Wildman–Crippen MR) is 173 cm³/mol. The number of carbonyl (C=O) groups is 1. The van der Waals surface area contributed by atoms with Gasteiger partial charge < -0.3 is 4.90 Å². The van der Waals surface area contributed by atoms with Gasteiger partial charge in [0.15, 0.2) is 5.78 Å². The van der Waals surface area contributed by atoms with Crippen molar-refractivity contribution in [3.05, 3.63) is 156 Å². The molecule has 0 unspecified atom stereocenters. The number of ketones is 1. The lowest BCUT2D eigenvalue weighted by Gasteiger charge is -2.32. The molecule has 0 atom stereocenters. The zero-order valence-electron chi connectivity index (χ0n) is 24.0. The second-order valence-corrected chi connectivity index (χ2v) is 11.0. The monoisotopic (exact) mass is 533 g/mol. The van der Waals surface area contributed by atoms with Crippen LogP contribution in [0.15, 0.2) is 128 Å². The van der Waals surface area contributed by atoms with Crippen molar-refractivity contribution in [2.45, 2.75) is 39.0 Å². The highest BCUT2D eigenvalue weighted by Gasteiger charge is 2.41. The van der Waals surface area contributed by atoms with Crippen molar-refractivity contribution >= 4 is 28.4 Å². The van der Waals surface area contributed by atoms with E-state index in [4.69, 9.17) is 0 Å². The summed E-state index contributed by atoms with van der Waals surface area (Å²) in [5, 5.41) is 0. The van der Waals surface area contributed by atoms with Gasteiger partial charge in [-0.15, -0.1) is 0 Å². The number of hydrogen-bond acceptors (Lipinski definition) is 2. The average molecular weight is 534 g/mol. The number of para-hydroxylation sites is 2. The van der Waals surface area contributed by atoms with E-state index in [1.54, 1.807) is 0 Å². The molecule has 6 rings (SSSR count). The van der Waals surface area contributed by atoms with Crippen molar-refractivity contribution in [3.63, 3.8) is 0 Å². The van der Waals surface area contributed by atoms with Crippen molar-refractivity contribution in [3.8, 4) is 11.1 Å². The van der Waals surface area contributed by atoms with Crippen LogP contribution >= 0.6 is 0 Å². The van der Waals surface area contributed by atoms with Crippen LogP contribution in [0.1, 0.15) is 66.2 Å². The smallest absolute Gasteiger partial charge is 0.193 e. The Morgan fingerprint density at radius 1 is 0.610 bits per heavy atom. The minimum absolute atomic E-state index is 0.0538. The van der Waals surface area contributed by atoms with Gasteiger partial charge in [0.2, 0.25) is 0 Å². The van der Waals surface area contributed by atoms with E-state index in [2.05, 4.69) is 116 Å². The van der Waals surface area contributed by atoms with E-state index in [9.17, 15) is 4.79 Å². The minimum atomic E-state index is -0.167. The summed E-state index contributed by atoms with van der Waals surface area (Å²) >= 11 is 0. The van der Waals surface area contributed by atoms with Gasteiger partial charge in [-0.05, 0) is 90.0 Å². The highest BCUT2D eigenvalue weighted by molar-refractivity contribution is 6.09. The zero-order valence-corrected chi connectivity index (χ0v) is 24.0. The van der Waals surface area contributed by atoms with E-state index in [1.807, 2.05) is 37.3 Å². The van der Waals surface area contributed by atoms with Crippen LogP contribution in [-0.4, -0.2) is 5.78 Å². The minimum Gasteiger partial charge on any atom is -0.310 e. The Balaban J connectivity index is 1.45. The van der Waals surface area contributed by atoms with Crippen LogP contribution < -0.4 is 4.90 Å². The van der Waals surface area contributed by atoms with Crippen molar-refractivity contribution < 1.29 is 4.79 Å². The van der Waals surface area contributed by atoms with E-state index >= 15 is 0 Å². The van der Waals surface area contributed by atoms with E-state index in [1.165, 1.54) is 22.3 Å². The summed E-state index contributed by atoms with van der Waals surface area (Å²) in [6.45, 7) is 10.5. The Kier molecular flexibility index (Phi) is 6.93. The summed E-state index contributed by atoms with van der Waals surface area (Å²) in [6, 6.07) is 42.0. The van der Waals surface area contributed by atoms with Crippen LogP contribution in [0.4, 0.5) is 17.1 Å². The molecule has 0 radical (unpaired) electrons. The Morgan fingerprint density at radius 2 is 1.10 bits per heavy atom. The summed E-state index contributed by atoms with van der Waals surface area (Å²) in [6.07, 6.45) is 1.91. The Bertz CT molecular complexity index is 1690.